The highest BCUT2D eigenvalue weighted by molar-refractivity contribution is 5.63. The molecule has 0 aromatic heterocycles. The SMILES string of the molecule is CNC(=O)O.COc1ccc(OC)c(O)c1. The first-order chi connectivity index (χ1) is 7.54. The fraction of sp³-hybridized carbons (Fsp3) is 0.300. The topological polar surface area (TPSA) is 88.0 Å². The van der Waals surface area contributed by atoms with Crippen LogP contribution in [0.3, 0.4) is 0 Å². The lowest BCUT2D eigenvalue weighted by atomic mass is 10.3. The molecule has 0 bridgehead atoms. The molecule has 1 rings (SSSR count). The number of methoxy groups -OCH3 is 2. The zero-order valence-corrected chi connectivity index (χ0v) is 9.35. The molecule has 0 atom stereocenters. The molecular weight excluding hydrogens is 214 g/mol. The van der Waals surface area contributed by atoms with Crippen LogP contribution >= 0.6 is 0 Å². The quantitative estimate of drug-likeness (QED) is 0.711. The van der Waals surface area contributed by atoms with Gasteiger partial charge in [0, 0.05) is 13.1 Å². The number of ether oxygens (including phenoxy) is 2. The van der Waals surface area contributed by atoms with Gasteiger partial charge in [-0.1, -0.05) is 0 Å². The first-order valence-corrected chi connectivity index (χ1v) is 4.36. The first kappa shape index (κ1) is 13.9. The molecule has 0 saturated carbocycles. The number of phenolic OH excluding ortho intramolecular Hbond substituents is 1. The molecular formula is C10H15NO5. The van der Waals surface area contributed by atoms with Crippen molar-refractivity contribution < 1.29 is 24.5 Å². The van der Waals surface area contributed by atoms with E-state index < -0.39 is 6.09 Å². The van der Waals surface area contributed by atoms with Crippen LogP contribution < -0.4 is 14.8 Å². The minimum absolute atomic E-state index is 0.0897. The van der Waals surface area contributed by atoms with Gasteiger partial charge in [-0.25, -0.2) is 4.79 Å². The van der Waals surface area contributed by atoms with Gasteiger partial charge in [-0.15, -0.1) is 0 Å². The Labute approximate surface area is 93.4 Å². The van der Waals surface area contributed by atoms with E-state index in [1.165, 1.54) is 20.2 Å². The summed E-state index contributed by atoms with van der Waals surface area (Å²) in [7, 11) is 4.39. The molecule has 0 saturated heterocycles. The first-order valence-electron chi connectivity index (χ1n) is 4.36. The number of benzene rings is 1. The molecule has 1 aromatic carbocycles. The van der Waals surface area contributed by atoms with Crippen LogP contribution in [0.5, 0.6) is 17.2 Å². The monoisotopic (exact) mass is 229 g/mol. The molecule has 1 amide bonds. The maximum Gasteiger partial charge on any atom is 0.404 e. The van der Waals surface area contributed by atoms with Crippen molar-refractivity contribution in [3.8, 4) is 17.2 Å². The predicted molar refractivity (Wildman–Crippen MR) is 58.3 cm³/mol. The standard InChI is InChI=1S/C8H10O3.C2H5NO2/c1-10-6-3-4-8(11-2)7(9)5-6;1-3-2(4)5/h3-5,9H,1-2H3;3H,1H3,(H,4,5). The van der Waals surface area contributed by atoms with E-state index in [4.69, 9.17) is 14.6 Å². The van der Waals surface area contributed by atoms with Crippen molar-refractivity contribution in [2.24, 2.45) is 0 Å². The second kappa shape index (κ2) is 7.22. The van der Waals surface area contributed by atoms with Gasteiger partial charge in [0.25, 0.3) is 0 Å². The lowest BCUT2D eigenvalue weighted by Gasteiger charge is -2.04. The van der Waals surface area contributed by atoms with E-state index >= 15 is 0 Å². The summed E-state index contributed by atoms with van der Waals surface area (Å²) in [6.07, 6.45) is -0.995. The van der Waals surface area contributed by atoms with Gasteiger partial charge in [0.2, 0.25) is 0 Å². The molecule has 6 heteroatoms. The van der Waals surface area contributed by atoms with Crippen LogP contribution in [0.15, 0.2) is 18.2 Å². The largest absolute Gasteiger partial charge is 0.504 e. The van der Waals surface area contributed by atoms with E-state index in [9.17, 15) is 9.90 Å². The average Bonchev–Trinajstić information content (AvgIpc) is 2.29. The number of rotatable bonds is 2. The molecule has 0 unspecified atom stereocenters. The molecule has 16 heavy (non-hydrogen) atoms. The highest BCUT2D eigenvalue weighted by Gasteiger charge is 2.00. The molecule has 90 valence electrons. The van der Waals surface area contributed by atoms with Gasteiger partial charge in [-0.05, 0) is 12.1 Å². The number of nitrogens with one attached hydrogen (secondary N) is 1. The Balaban J connectivity index is 0.000000385. The van der Waals surface area contributed by atoms with E-state index in [0.29, 0.717) is 11.5 Å². The third-order valence-corrected chi connectivity index (χ3v) is 1.60. The second-order valence-corrected chi connectivity index (χ2v) is 2.59. The molecule has 0 aliphatic heterocycles. The maximum atomic E-state index is 9.26. The van der Waals surface area contributed by atoms with Crippen LogP contribution in [0.4, 0.5) is 4.79 Å². The number of phenols is 1. The van der Waals surface area contributed by atoms with Crippen molar-refractivity contribution in [3.05, 3.63) is 18.2 Å². The highest BCUT2D eigenvalue weighted by atomic mass is 16.5. The minimum atomic E-state index is -0.995. The average molecular weight is 229 g/mol. The lowest BCUT2D eigenvalue weighted by molar-refractivity contribution is 0.197. The normalized spacial score (nSPS) is 8.44. The fourth-order valence-electron chi connectivity index (χ4n) is 0.797. The van der Waals surface area contributed by atoms with E-state index in [2.05, 4.69) is 0 Å². The number of carboxylic acid groups (broad SMARTS) is 1. The Morgan fingerprint density at radius 2 is 1.88 bits per heavy atom. The molecule has 0 heterocycles. The van der Waals surface area contributed by atoms with Gasteiger partial charge in [0.1, 0.15) is 5.75 Å². The van der Waals surface area contributed by atoms with Crippen LogP contribution in [-0.2, 0) is 0 Å². The van der Waals surface area contributed by atoms with Gasteiger partial charge in [0.05, 0.1) is 14.2 Å². The molecule has 6 nitrogen and oxygen atoms in total. The third kappa shape index (κ3) is 4.94. The molecule has 0 fully saturated rings. The number of carbonyl (C=O) groups is 1. The summed E-state index contributed by atoms with van der Waals surface area (Å²) in [4.78, 5) is 9.26. The van der Waals surface area contributed by atoms with Crippen LogP contribution in [0, 0.1) is 0 Å². The van der Waals surface area contributed by atoms with E-state index in [1.54, 1.807) is 19.2 Å². The van der Waals surface area contributed by atoms with Crippen molar-refractivity contribution in [3.63, 3.8) is 0 Å². The Hall–Kier alpha value is -2.11. The van der Waals surface area contributed by atoms with Gasteiger partial charge < -0.3 is 25.0 Å². The van der Waals surface area contributed by atoms with Crippen molar-refractivity contribution in [1.82, 2.24) is 5.32 Å². The van der Waals surface area contributed by atoms with Crippen LogP contribution in [-0.4, -0.2) is 37.6 Å². The van der Waals surface area contributed by atoms with Crippen LogP contribution in [0.25, 0.3) is 0 Å². The van der Waals surface area contributed by atoms with E-state index in [-0.39, 0.29) is 5.75 Å². The number of amides is 1. The summed E-state index contributed by atoms with van der Waals surface area (Å²) in [5.41, 5.74) is 0. The number of hydrogen-bond donors (Lipinski definition) is 3. The number of hydrogen-bond acceptors (Lipinski definition) is 4. The van der Waals surface area contributed by atoms with Gasteiger partial charge in [-0.3, -0.25) is 0 Å². The van der Waals surface area contributed by atoms with E-state index in [0.717, 1.165) is 0 Å². The highest BCUT2D eigenvalue weighted by Crippen LogP contribution is 2.29. The Kier molecular flexibility index (Phi) is 6.27. The zero-order chi connectivity index (χ0) is 12.6. The van der Waals surface area contributed by atoms with Gasteiger partial charge in [0.15, 0.2) is 11.5 Å². The lowest BCUT2D eigenvalue weighted by Crippen LogP contribution is -2.13. The van der Waals surface area contributed by atoms with Crippen molar-refractivity contribution in [1.29, 1.82) is 0 Å². The third-order valence-electron chi connectivity index (χ3n) is 1.60. The van der Waals surface area contributed by atoms with E-state index in [1.807, 2.05) is 5.32 Å². The van der Waals surface area contributed by atoms with Crippen LogP contribution in [0.1, 0.15) is 0 Å². The minimum Gasteiger partial charge on any atom is -0.504 e. The van der Waals surface area contributed by atoms with Crippen molar-refractivity contribution in [2.75, 3.05) is 21.3 Å². The molecule has 0 spiro atoms. The van der Waals surface area contributed by atoms with Gasteiger partial charge >= 0.3 is 6.09 Å². The fourth-order valence-corrected chi connectivity index (χ4v) is 0.797. The Bertz CT molecular complexity index is 340. The molecule has 0 aliphatic carbocycles. The van der Waals surface area contributed by atoms with Crippen molar-refractivity contribution in [2.45, 2.75) is 0 Å². The Morgan fingerprint density at radius 1 is 1.31 bits per heavy atom. The van der Waals surface area contributed by atoms with Crippen molar-refractivity contribution >= 4 is 6.09 Å². The summed E-state index contributed by atoms with van der Waals surface area (Å²) in [5.74, 6) is 1.15. The predicted octanol–water partition coefficient (Wildman–Crippen LogP) is 1.29. The summed E-state index contributed by atoms with van der Waals surface area (Å²) in [6, 6.07) is 4.87. The second-order valence-electron chi connectivity index (χ2n) is 2.59. The summed E-state index contributed by atoms with van der Waals surface area (Å²) >= 11 is 0. The Morgan fingerprint density at radius 3 is 2.19 bits per heavy atom. The molecule has 3 N–H and O–H groups in total. The summed E-state index contributed by atoms with van der Waals surface area (Å²) < 4.78 is 9.72. The zero-order valence-electron chi connectivity index (χ0n) is 9.35. The van der Waals surface area contributed by atoms with Crippen LogP contribution in [0.2, 0.25) is 0 Å². The smallest absolute Gasteiger partial charge is 0.404 e. The molecule has 0 aliphatic rings. The summed E-state index contributed by atoms with van der Waals surface area (Å²) in [6.45, 7) is 0. The molecule has 0 radical (unpaired) electrons. The molecule has 1 aromatic rings. The maximum absolute atomic E-state index is 9.26. The summed E-state index contributed by atoms with van der Waals surface area (Å²) in [5, 5.41) is 18.8. The number of aromatic hydroxyl groups is 1. The van der Waals surface area contributed by atoms with Gasteiger partial charge in [-0.2, -0.15) is 0 Å².